The molecule has 120 valence electrons. The van der Waals surface area contributed by atoms with Crippen LogP contribution in [0, 0.1) is 5.92 Å². The number of rotatable bonds is 5. The smallest absolute Gasteiger partial charge is 0.252 e. The van der Waals surface area contributed by atoms with Crippen molar-refractivity contribution in [3.63, 3.8) is 0 Å². The van der Waals surface area contributed by atoms with E-state index < -0.39 is 0 Å². The summed E-state index contributed by atoms with van der Waals surface area (Å²) in [5.74, 6) is 0.414. The van der Waals surface area contributed by atoms with Gasteiger partial charge >= 0.3 is 0 Å². The fourth-order valence-corrected chi connectivity index (χ4v) is 3.16. The third kappa shape index (κ3) is 3.82. The Kier molecular flexibility index (Phi) is 5.37. The maximum atomic E-state index is 12.2. The molecule has 2 saturated heterocycles. The van der Waals surface area contributed by atoms with E-state index in [4.69, 9.17) is 9.47 Å². The lowest BCUT2D eigenvalue weighted by atomic mass is 9.96. The summed E-state index contributed by atoms with van der Waals surface area (Å²) >= 11 is 0. The van der Waals surface area contributed by atoms with Crippen molar-refractivity contribution >= 4 is 5.91 Å². The summed E-state index contributed by atoms with van der Waals surface area (Å²) in [6.45, 7) is 5.61. The number of nitrogens with zero attached hydrogens (tertiary/aromatic N) is 2. The highest BCUT2D eigenvalue weighted by atomic mass is 16.5. The van der Waals surface area contributed by atoms with Crippen LogP contribution in [-0.2, 0) is 9.47 Å². The normalized spacial score (nSPS) is 24.1. The van der Waals surface area contributed by atoms with E-state index >= 15 is 0 Å². The van der Waals surface area contributed by atoms with E-state index in [0.717, 1.165) is 45.9 Å². The number of hydrogen-bond acceptors (Lipinski definition) is 5. The van der Waals surface area contributed by atoms with Gasteiger partial charge in [0, 0.05) is 50.6 Å². The zero-order valence-corrected chi connectivity index (χ0v) is 12.7. The molecule has 2 atom stereocenters. The molecule has 1 amide bonds. The Morgan fingerprint density at radius 2 is 2.23 bits per heavy atom. The lowest BCUT2D eigenvalue weighted by Crippen LogP contribution is -2.52. The summed E-state index contributed by atoms with van der Waals surface area (Å²) in [7, 11) is 0. The number of amides is 1. The van der Waals surface area contributed by atoms with E-state index in [1.54, 1.807) is 24.5 Å². The van der Waals surface area contributed by atoms with Crippen LogP contribution in [-0.4, -0.2) is 67.9 Å². The third-order valence-corrected chi connectivity index (χ3v) is 4.42. The summed E-state index contributed by atoms with van der Waals surface area (Å²) in [5, 5.41) is 3.06. The van der Waals surface area contributed by atoms with Crippen LogP contribution in [0.4, 0.5) is 0 Å². The van der Waals surface area contributed by atoms with Crippen molar-refractivity contribution in [1.82, 2.24) is 15.2 Å². The van der Waals surface area contributed by atoms with Gasteiger partial charge in [0.2, 0.25) is 0 Å². The second-order valence-corrected chi connectivity index (χ2v) is 5.79. The maximum absolute atomic E-state index is 12.2. The molecule has 0 spiro atoms. The molecule has 3 heterocycles. The fourth-order valence-electron chi connectivity index (χ4n) is 3.16. The van der Waals surface area contributed by atoms with E-state index in [0.29, 0.717) is 24.1 Å². The monoisotopic (exact) mass is 305 g/mol. The van der Waals surface area contributed by atoms with E-state index in [-0.39, 0.29) is 5.91 Å². The van der Waals surface area contributed by atoms with Crippen molar-refractivity contribution in [1.29, 1.82) is 0 Å². The van der Waals surface area contributed by atoms with Gasteiger partial charge < -0.3 is 14.8 Å². The molecule has 1 aromatic heterocycles. The average Bonchev–Trinajstić information content (AvgIpc) is 3.11. The molecule has 1 aromatic rings. The van der Waals surface area contributed by atoms with Crippen LogP contribution in [0.1, 0.15) is 16.8 Å². The van der Waals surface area contributed by atoms with Gasteiger partial charge in [0.1, 0.15) is 0 Å². The Morgan fingerprint density at radius 3 is 2.91 bits per heavy atom. The molecule has 2 aliphatic heterocycles. The first-order valence-electron chi connectivity index (χ1n) is 7.92. The molecule has 0 saturated carbocycles. The highest BCUT2D eigenvalue weighted by molar-refractivity contribution is 5.93. The molecule has 3 rings (SSSR count). The Balaban J connectivity index is 1.60. The van der Waals surface area contributed by atoms with Gasteiger partial charge in [0.15, 0.2) is 0 Å². The van der Waals surface area contributed by atoms with Gasteiger partial charge in [0.25, 0.3) is 5.91 Å². The second kappa shape index (κ2) is 7.67. The molecule has 2 fully saturated rings. The topological polar surface area (TPSA) is 63.7 Å². The van der Waals surface area contributed by atoms with Gasteiger partial charge in [-0.1, -0.05) is 0 Å². The Bertz CT molecular complexity index is 471. The molecule has 22 heavy (non-hydrogen) atoms. The summed E-state index contributed by atoms with van der Waals surface area (Å²) in [6.07, 6.45) is 4.33. The van der Waals surface area contributed by atoms with Crippen LogP contribution in [0.15, 0.2) is 24.5 Å². The summed E-state index contributed by atoms with van der Waals surface area (Å²) in [6, 6.07) is 3.87. The predicted octanol–water partition coefficient (Wildman–Crippen LogP) is 0.549. The molecule has 6 nitrogen and oxygen atoms in total. The fraction of sp³-hybridized carbons (Fsp3) is 0.625. The van der Waals surface area contributed by atoms with Crippen molar-refractivity contribution in [2.75, 3.05) is 46.1 Å². The largest absolute Gasteiger partial charge is 0.381 e. The van der Waals surface area contributed by atoms with Crippen LogP contribution >= 0.6 is 0 Å². The molecule has 1 N–H and O–H groups in total. The lowest BCUT2D eigenvalue weighted by Gasteiger charge is -2.37. The van der Waals surface area contributed by atoms with Crippen LogP contribution < -0.4 is 5.32 Å². The standard InChI is InChI=1S/C16H23N3O3/c20-16(13-2-1-4-17-10-13)18-11-15(14-3-7-22-12-14)19-5-8-21-9-6-19/h1-2,4,10,14-15H,3,5-9,11-12H2,(H,18,20). The Hall–Kier alpha value is -1.50. The van der Waals surface area contributed by atoms with Crippen LogP contribution in [0.25, 0.3) is 0 Å². The zero-order valence-electron chi connectivity index (χ0n) is 12.7. The zero-order chi connectivity index (χ0) is 15.2. The van der Waals surface area contributed by atoms with Crippen molar-refractivity contribution in [3.05, 3.63) is 30.1 Å². The van der Waals surface area contributed by atoms with E-state index in [1.807, 2.05) is 0 Å². The molecular formula is C16H23N3O3. The first-order valence-corrected chi connectivity index (χ1v) is 7.92. The van der Waals surface area contributed by atoms with E-state index in [9.17, 15) is 4.79 Å². The molecule has 2 unspecified atom stereocenters. The van der Waals surface area contributed by atoms with Gasteiger partial charge in [0.05, 0.1) is 25.4 Å². The first-order chi connectivity index (χ1) is 10.8. The third-order valence-electron chi connectivity index (χ3n) is 4.42. The SMILES string of the molecule is O=C(NCC(C1CCOC1)N1CCOCC1)c1cccnc1. The number of morpholine rings is 1. The lowest BCUT2D eigenvalue weighted by molar-refractivity contribution is 0.00166. The van der Waals surface area contributed by atoms with Gasteiger partial charge in [-0.3, -0.25) is 14.7 Å². The number of hydrogen-bond donors (Lipinski definition) is 1. The number of nitrogens with one attached hydrogen (secondary N) is 1. The highest BCUT2D eigenvalue weighted by Gasteiger charge is 2.31. The Labute approximate surface area is 130 Å². The minimum absolute atomic E-state index is 0.0646. The van der Waals surface area contributed by atoms with Crippen LogP contribution in [0.3, 0.4) is 0 Å². The number of ether oxygens (including phenoxy) is 2. The van der Waals surface area contributed by atoms with Crippen LogP contribution in [0.5, 0.6) is 0 Å². The van der Waals surface area contributed by atoms with Crippen LogP contribution in [0.2, 0.25) is 0 Å². The molecule has 0 radical (unpaired) electrons. The summed E-state index contributed by atoms with van der Waals surface area (Å²) in [5.41, 5.74) is 0.603. The van der Waals surface area contributed by atoms with Gasteiger partial charge in [-0.2, -0.15) is 0 Å². The van der Waals surface area contributed by atoms with Crippen molar-refractivity contribution in [2.24, 2.45) is 5.92 Å². The molecule has 2 aliphatic rings. The first kappa shape index (κ1) is 15.4. The van der Waals surface area contributed by atoms with Gasteiger partial charge in [-0.05, 0) is 18.6 Å². The minimum Gasteiger partial charge on any atom is -0.381 e. The number of carbonyl (C=O) groups is 1. The quantitative estimate of drug-likeness (QED) is 0.861. The summed E-state index contributed by atoms with van der Waals surface area (Å²) < 4.78 is 11.0. The van der Waals surface area contributed by atoms with E-state index in [2.05, 4.69) is 15.2 Å². The second-order valence-electron chi connectivity index (χ2n) is 5.79. The number of pyridine rings is 1. The maximum Gasteiger partial charge on any atom is 0.252 e. The molecule has 0 bridgehead atoms. The molecule has 0 aromatic carbocycles. The van der Waals surface area contributed by atoms with Crippen molar-refractivity contribution in [3.8, 4) is 0 Å². The average molecular weight is 305 g/mol. The predicted molar refractivity (Wildman–Crippen MR) is 81.7 cm³/mol. The van der Waals surface area contributed by atoms with Gasteiger partial charge in [-0.15, -0.1) is 0 Å². The molecule has 6 heteroatoms. The van der Waals surface area contributed by atoms with Crippen molar-refractivity contribution in [2.45, 2.75) is 12.5 Å². The molecule has 0 aliphatic carbocycles. The molecular weight excluding hydrogens is 282 g/mol. The van der Waals surface area contributed by atoms with Gasteiger partial charge in [-0.25, -0.2) is 0 Å². The number of carbonyl (C=O) groups excluding carboxylic acids is 1. The summed E-state index contributed by atoms with van der Waals surface area (Å²) in [4.78, 5) is 18.6. The minimum atomic E-state index is -0.0646. The van der Waals surface area contributed by atoms with E-state index in [1.165, 1.54) is 0 Å². The Morgan fingerprint density at radius 1 is 1.36 bits per heavy atom. The number of aromatic nitrogens is 1. The van der Waals surface area contributed by atoms with Crippen molar-refractivity contribution < 1.29 is 14.3 Å². The highest BCUT2D eigenvalue weighted by Crippen LogP contribution is 2.21.